The molecule has 1 aliphatic carbocycles. The Bertz CT molecular complexity index is 2690. The molecule has 0 radical (unpaired) electrons. The lowest BCUT2D eigenvalue weighted by molar-refractivity contribution is -0.228. The minimum atomic E-state index is -2.33. The van der Waals surface area contributed by atoms with Gasteiger partial charge in [-0.2, -0.15) is 10.2 Å². The van der Waals surface area contributed by atoms with Gasteiger partial charge in [-0.25, -0.2) is 4.79 Å². The van der Waals surface area contributed by atoms with Crippen LogP contribution in [0.25, 0.3) is 10.9 Å². The molecule has 67 heavy (non-hydrogen) atoms. The van der Waals surface area contributed by atoms with Crippen molar-refractivity contribution in [2.24, 2.45) is 11.3 Å². The number of benzene rings is 2. The minimum Gasteiger partial charge on any atom is -0.496 e. The van der Waals surface area contributed by atoms with Gasteiger partial charge < -0.3 is 44.2 Å². The number of likely N-dealkylation sites (N-methyl/N-ethyl adjacent to an activating group) is 1. The average molecular weight is 916 g/mol. The predicted molar refractivity (Wildman–Crippen MR) is 248 cm³/mol. The van der Waals surface area contributed by atoms with E-state index in [0.717, 1.165) is 33.4 Å². The van der Waals surface area contributed by atoms with Crippen LogP contribution in [0.15, 0.2) is 67.0 Å². The van der Waals surface area contributed by atoms with E-state index in [-0.39, 0.29) is 17.9 Å². The molecular formula is C51H61N7O9. The van der Waals surface area contributed by atoms with Crippen LogP contribution < -0.4 is 15.0 Å². The Hall–Kier alpha value is -5.84. The number of fused-ring (bicyclic) bond motifs is 6. The van der Waals surface area contributed by atoms with Gasteiger partial charge in [0.05, 0.1) is 50.9 Å². The van der Waals surface area contributed by atoms with Gasteiger partial charge >= 0.3 is 17.9 Å². The van der Waals surface area contributed by atoms with Crippen LogP contribution >= 0.6 is 0 Å². The molecule has 1 amide bonds. The molecule has 7 heterocycles. The molecule has 1 spiro atoms. The number of piperidine rings is 1. The maximum atomic E-state index is 15.7. The number of amides is 1. The molecule has 1 saturated carbocycles. The molecule has 3 N–H and O–H groups in total. The van der Waals surface area contributed by atoms with Crippen LogP contribution in [-0.2, 0) is 45.8 Å². The molecule has 16 nitrogen and oxygen atoms in total. The molecule has 2 bridgehead atoms. The number of aromatic nitrogens is 3. The number of anilines is 1. The quantitative estimate of drug-likeness (QED) is 0.123. The van der Waals surface area contributed by atoms with Crippen LogP contribution in [-0.4, -0.2) is 144 Å². The molecule has 10 rings (SSSR count). The van der Waals surface area contributed by atoms with E-state index in [2.05, 4.69) is 49.4 Å². The van der Waals surface area contributed by atoms with Crippen LogP contribution in [0, 0.1) is 11.3 Å². The van der Waals surface area contributed by atoms with Crippen molar-refractivity contribution in [2.45, 2.75) is 99.5 Å². The number of nitrogens with one attached hydrogen (secondary N) is 2. The standard InChI is InChI=1S/C51H61N7O9/c1-8-47(55-41(60)32-15-19-52-53-27-32)25-31-26-50(45(61)65-6,40-34(16-21-57(28-31)29-47)33-13-10-11-14-37(33)54-40)36-23-35-38(24-39(36)64-5)56(4)43-49(35)18-22-58-20-12-17-48(9-2,42(49)58)44(67-30(3)59)51(43,63)46(62)66-7/h10-15,17,19,23-24,27,31,42-44,54,63H,8-9,16,18,20-22,25-26,28-29H2,1-7H3,(H,55,60)/t31-,42+,43-,44-,47+,48-,49-,50+,51+/m1/s1. The summed E-state index contributed by atoms with van der Waals surface area (Å²) in [6.07, 6.45) is 8.89. The van der Waals surface area contributed by atoms with E-state index in [4.69, 9.17) is 18.9 Å². The zero-order valence-electron chi connectivity index (χ0n) is 39.4. The van der Waals surface area contributed by atoms with Gasteiger partial charge in [0.1, 0.15) is 11.2 Å². The maximum Gasteiger partial charge on any atom is 0.344 e. The molecule has 16 heteroatoms. The zero-order valence-corrected chi connectivity index (χ0v) is 39.4. The number of nitrogens with zero attached hydrogens (tertiary/aromatic N) is 5. The molecule has 10 atom stereocenters. The second-order valence-electron chi connectivity index (χ2n) is 19.8. The molecule has 3 fully saturated rings. The summed E-state index contributed by atoms with van der Waals surface area (Å²) in [7, 11) is 6.14. The smallest absolute Gasteiger partial charge is 0.344 e. The molecule has 2 aromatic carbocycles. The van der Waals surface area contributed by atoms with E-state index in [1.54, 1.807) is 13.2 Å². The topological polar surface area (TPSA) is 189 Å². The predicted octanol–water partition coefficient (Wildman–Crippen LogP) is 4.22. The average Bonchev–Trinajstić information content (AvgIpc) is 4.00. The Morgan fingerprint density at radius 1 is 0.955 bits per heavy atom. The number of H-pyrrole nitrogens is 1. The number of para-hydroxylation sites is 1. The second-order valence-corrected chi connectivity index (χ2v) is 19.8. The molecule has 4 aromatic rings. The third-order valence-corrected chi connectivity index (χ3v) is 16.9. The molecule has 5 aliphatic heterocycles. The zero-order chi connectivity index (χ0) is 47.3. The van der Waals surface area contributed by atoms with E-state index >= 15 is 4.79 Å². The van der Waals surface area contributed by atoms with E-state index in [0.29, 0.717) is 88.1 Å². The fraction of sp³-hybridized carbons (Fsp3) is 0.529. The number of hydrogen-bond donors (Lipinski definition) is 3. The van der Waals surface area contributed by atoms with E-state index in [1.165, 1.54) is 33.5 Å². The Labute approximate surface area is 390 Å². The highest BCUT2D eigenvalue weighted by atomic mass is 16.6. The number of carbonyl (C=O) groups is 4. The molecule has 2 saturated heterocycles. The first-order chi connectivity index (χ1) is 32.2. The van der Waals surface area contributed by atoms with E-state index in [1.807, 2.05) is 55.3 Å². The first kappa shape index (κ1) is 45.0. The molecule has 1 unspecified atom stereocenters. The highest BCUT2D eigenvalue weighted by Gasteiger charge is 2.80. The minimum absolute atomic E-state index is 0.144. The SMILES string of the molecule is CC[C@]1(NC(=O)c2ccnnc2)C[C@H]2CN(CCc3c([nH]c4ccccc34)[C@@](C(=O)OC)(c3cc4c(cc3OC)N(C)[C@H]3[C@@](O)(C(=O)OC)[C@H](OC(C)=O)[C@]5(CC)C=CCN6CC[C@]43[C@@H]65)C2)C1. The van der Waals surface area contributed by atoms with Gasteiger partial charge in [0.25, 0.3) is 5.91 Å². The van der Waals surface area contributed by atoms with Gasteiger partial charge in [-0.3, -0.25) is 19.3 Å². The van der Waals surface area contributed by atoms with Crippen LogP contribution in [0.5, 0.6) is 5.75 Å². The lowest BCUT2D eigenvalue weighted by atomic mass is 9.47. The van der Waals surface area contributed by atoms with Crippen molar-refractivity contribution < 1.29 is 43.2 Å². The van der Waals surface area contributed by atoms with Gasteiger partial charge in [0.15, 0.2) is 6.10 Å². The lowest BCUT2D eigenvalue weighted by Gasteiger charge is -2.63. The van der Waals surface area contributed by atoms with Gasteiger partial charge in [-0.05, 0) is 80.3 Å². The normalized spacial score (nSPS) is 33.8. The third kappa shape index (κ3) is 6.20. The van der Waals surface area contributed by atoms with Crippen molar-refractivity contribution in [3.63, 3.8) is 0 Å². The van der Waals surface area contributed by atoms with Crippen molar-refractivity contribution in [1.29, 1.82) is 0 Å². The Morgan fingerprint density at radius 3 is 2.45 bits per heavy atom. The Morgan fingerprint density at radius 2 is 1.75 bits per heavy atom. The number of ether oxygens (including phenoxy) is 4. The van der Waals surface area contributed by atoms with E-state index < -0.39 is 57.4 Å². The fourth-order valence-corrected chi connectivity index (χ4v) is 14.5. The molecule has 2 aromatic heterocycles. The van der Waals surface area contributed by atoms with Crippen LogP contribution in [0.1, 0.15) is 85.6 Å². The molecule has 354 valence electrons. The van der Waals surface area contributed by atoms with E-state index in [9.17, 15) is 19.5 Å². The molecular weight excluding hydrogens is 855 g/mol. The van der Waals surface area contributed by atoms with Crippen molar-refractivity contribution in [3.05, 3.63) is 95.0 Å². The van der Waals surface area contributed by atoms with Crippen LogP contribution in [0.4, 0.5) is 5.69 Å². The van der Waals surface area contributed by atoms with Crippen LogP contribution in [0.3, 0.4) is 0 Å². The number of rotatable bonds is 9. The van der Waals surface area contributed by atoms with Gasteiger partial charge in [0.2, 0.25) is 5.60 Å². The van der Waals surface area contributed by atoms with Crippen molar-refractivity contribution in [1.82, 2.24) is 30.3 Å². The molecule has 6 aliphatic rings. The maximum absolute atomic E-state index is 15.7. The summed E-state index contributed by atoms with van der Waals surface area (Å²) >= 11 is 0. The summed E-state index contributed by atoms with van der Waals surface area (Å²) in [6, 6.07) is 12.5. The lowest BCUT2D eigenvalue weighted by Crippen LogP contribution is -2.81. The second kappa shape index (κ2) is 16.2. The van der Waals surface area contributed by atoms with Crippen molar-refractivity contribution in [2.75, 3.05) is 66.0 Å². The first-order valence-electron chi connectivity index (χ1n) is 23.6. The number of carbonyl (C=O) groups excluding carboxylic acids is 4. The third-order valence-electron chi connectivity index (χ3n) is 16.9. The number of hydrogen-bond acceptors (Lipinski definition) is 14. The number of aliphatic hydroxyl groups is 1. The van der Waals surface area contributed by atoms with Gasteiger partial charge in [0, 0.05) is 90.9 Å². The summed E-state index contributed by atoms with van der Waals surface area (Å²) in [4.78, 5) is 67.8. The van der Waals surface area contributed by atoms with Gasteiger partial charge in [-0.15, -0.1) is 0 Å². The number of esters is 3. The van der Waals surface area contributed by atoms with Crippen molar-refractivity contribution >= 4 is 40.4 Å². The summed E-state index contributed by atoms with van der Waals surface area (Å²) in [5, 5.41) is 25.7. The van der Waals surface area contributed by atoms with Crippen molar-refractivity contribution in [3.8, 4) is 5.75 Å². The summed E-state index contributed by atoms with van der Waals surface area (Å²) in [5.74, 6) is -1.92. The monoisotopic (exact) mass is 915 g/mol. The summed E-state index contributed by atoms with van der Waals surface area (Å²) in [6.45, 7) is 8.63. The number of aromatic amines is 1. The van der Waals surface area contributed by atoms with Crippen LogP contribution in [0.2, 0.25) is 0 Å². The first-order valence-corrected chi connectivity index (χ1v) is 23.6. The fourth-order valence-electron chi connectivity index (χ4n) is 14.5. The summed E-state index contributed by atoms with van der Waals surface area (Å²) in [5.41, 5.74) is -1.23. The summed E-state index contributed by atoms with van der Waals surface area (Å²) < 4.78 is 24.2. The largest absolute Gasteiger partial charge is 0.496 e. The number of methoxy groups -OCH3 is 3. The highest BCUT2D eigenvalue weighted by Crippen LogP contribution is 2.68. The van der Waals surface area contributed by atoms with Gasteiger partial charge in [-0.1, -0.05) is 44.2 Å². The Balaban J connectivity index is 1.23. The Kier molecular flexibility index (Phi) is 10.8. The highest BCUT2D eigenvalue weighted by molar-refractivity contribution is 5.96.